The van der Waals surface area contributed by atoms with Gasteiger partial charge in [0.15, 0.2) is 0 Å². The third-order valence-corrected chi connectivity index (χ3v) is 6.00. The monoisotopic (exact) mass is 389 g/mol. The second-order valence-corrected chi connectivity index (χ2v) is 8.48. The van der Waals surface area contributed by atoms with Crippen molar-refractivity contribution in [3.63, 3.8) is 0 Å². The van der Waals surface area contributed by atoms with Gasteiger partial charge in [-0.2, -0.15) is 4.98 Å². The SMILES string of the molecule is CCNc1cc(C)nc(NCCNS(=O)(=O)c2ccc3c(c2)CCCC3)n1. The predicted octanol–water partition coefficient (Wildman–Crippen LogP) is 2.49. The van der Waals surface area contributed by atoms with E-state index in [2.05, 4.69) is 25.3 Å². The lowest BCUT2D eigenvalue weighted by Gasteiger charge is -2.17. The lowest BCUT2D eigenvalue weighted by atomic mass is 9.92. The van der Waals surface area contributed by atoms with Crippen molar-refractivity contribution in [2.75, 3.05) is 30.3 Å². The molecular weight excluding hydrogens is 362 g/mol. The number of anilines is 2. The fourth-order valence-corrected chi connectivity index (χ4v) is 4.32. The van der Waals surface area contributed by atoms with Crippen LogP contribution in [0.5, 0.6) is 0 Å². The Morgan fingerprint density at radius 2 is 1.78 bits per heavy atom. The van der Waals surface area contributed by atoms with E-state index in [1.165, 1.54) is 12.0 Å². The Bertz CT molecular complexity index is 899. The summed E-state index contributed by atoms with van der Waals surface area (Å²) in [6.07, 6.45) is 4.30. The molecular formula is C19H27N5O2S. The molecule has 7 nitrogen and oxygen atoms in total. The molecule has 27 heavy (non-hydrogen) atoms. The minimum absolute atomic E-state index is 0.257. The molecule has 1 aliphatic rings. The van der Waals surface area contributed by atoms with E-state index in [1.807, 2.05) is 32.0 Å². The van der Waals surface area contributed by atoms with Crippen molar-refractivity contribution >= 4 is 21.8 Å². The first kappa shape index (κ1) is 19.6. The minimum atomic E-state index is -3.52. The number of hydrogen-bond donors (Lipinski definition) is 3. The maximum absolute atomic E-state index is 12.5. The molecule has 0 amide bonds. The molecule has 0 saturated heterocycles. The molecule has 0 atom stereocenters. The zero-order valence-electron chi connectivity index (χ0n) is 15.9. The summed E-state index contributed by atoms with van der Waals surface area (Å²) in [5.74, 6) is 1.24. The Morgan fingerprint density at radius 3 is 2.56 bits per heavy atom. The summed E-state index contributed by atoms with van der Waals surface area (Å²) < 4.78 is 27.7. The largest absolute Gasteiger partial charge is 0.370 e. The van der Waals surface area contributed by atoms with Gasteiger partial charge in [0, 0.05) is 31.4 Å². The molecule has 0 unspecified atom stereocenters. The van der Waals surface area contributed by atoms with E-state index in [0.717, 1.165) is 42.9 Å². The summed E-state index contributed by atoms with van der Waals surface area (Å²) >= 11 is 0. The average molecular weight is 390 g/mol. The van der Waals surface area contributed by atoms with Crippen LogP contribution < -0.4 is 15.4 Å². The van der Waals surface area contributed by atoms with E-state index in [9.17, 15) is 8.42 Å². The molecule has 0 fully saturated rings. The molecule has 1 aromatic heterocycles. The molecule has 0 bridgehead atoms. The summed E-state index contributed by atoms with van der Waals surface area (Å²) in [5, 5.41) is 6.22. The lowest BCUT2D eigenvalue weighted by Crippen LogP contribution is -2.29. The van der Waals surface area contributed by atoms with Gasteiger partial charge in [-0.1, -0.05) is 6.07 Å². The van der Waals surface area contributed by atoms with E-state index < -0.39 is 10.0 Å². The smallest absolute Gasteiger partial charge is 0.240 e. The van der Waals surface area contributed by atoms with E-state index in [-0.39, 0.29) is 6.54 Å². The number of benzene rings is 1. The van der Waals surface area contributed by atoms with E-state index >= 15 is 0 Å². The number of rotatable bonds is 8. The summed E-state index contributed by atoms with van der Waals surface area (Å²) in [6.45, 7) is 5.33. The van der Waals surface area contributed by atoms with Crippen LogP contribution in [-0.2, 0) is 22.9 Å². The first-order valence-corrected chi connectivity index (χ1v) is 10.9. The van der Waals surface area contributed by atoms with Crippen LogP contribution in [0.15, 0.2) is 29.2 Å². The van der Waals surface area contributed by atoms with Gasteiger partial charge in [-0.3, -0.25) is 0 Å². The molecule has 146 valence electrons. The van der Waals surface area contributed by atoms with Gasteiger partial charge in [-0.25, -0.2) is 18.1 Å². The Kier molecular flexibility index (Phi) is 6.28. The highest BCUT2D eigenvalue weighted by atomic mass is 32.2. The standard InChI is InChI=1S/C19H27N5O2S/c1-3-20-18-12-14(2)23-19(24-18)21-10-11-22-27(25,26)17-9-8-15-6-4-5-7-16(15)13-17/h8-9,12-13,22H,3-7,10-11H2,1-2H3,(H2,20,21,23,24). The number of aromatic nitrogens is 2. The van der Waals surface area contributed by atoms with Crippen LogP contribution in [0.3, 0.4) is 0 Å². The first-order chi connectivity index (χ1) is 13.0. The summed E-state index contributed by atoms with van der Waals surface area (Å²) in [6, 6.07) is 7.33. The fourth-order valence-electron chi connectivity index (χ4n) is 3.24. The molecule has 1 aromatic carbocycles. The van der Waals surface area contributed by atoms with Crippen molar-refractivity contribution in [2.45, 2.75) is 44.4 Å². The van der Waals surface area contributed by atoms with E-state index in [1.54, 1.807) is 6.07 Å². The molecule has 3 N–H and O–H groups in total. The molecule has 3 rings (SSSR count). The molecule has 1 aliphatic carbocycles. The second-order valence-electron chi connectivity index (χ2n) is 6.71. The number of fused-ring (bicyclic) bond motifs is 1. The van der Waals surface area contributed by atoms with Crippen LogP contribution in [0.2, 0.25) is 0 Å². The van der Waals surface area contributed by atoms with Crippen LogP contribution in [0, 0.1) is 6.92 Å². The van der Waals surface area contributed by atoms with Gasteiger partial charge in [-0.15, -0.1) is 0 Å². The number of sulfonamides is 1. The van der Waals surface area contributed by atoms with Gasteiger partial charge in [0.1, 0.15) is 5.82 Å². The Labute approximate surface area is 161 Å². The number of aryl methyl sites for hydroxylation is 3. The zero-order valence-corrected chi connectivity index (χ0v) is 16.7. The van der Waals surface area contributed by atoms with Crippen molar-refractivity contribution < 1.29 is 8.42 Å². The van der Waals surface area contributed by atoms with Gasteiger partial charge in [0.05, 0.1) is 4.90 Å². The van der Waals surface area contributed by atoms with Crippen LogP contribution in [0.25, 0.3) is 0 Å². The Balaban J connectivity index is 1.57. The van der Waals surface area contributed by atoms with Gasteiger partial charge in [-0.05, 0) is 62.8 Å². The maximum atomic E-state index is 12.5. The summed E-state index contributed by atoms with van der Waals surface area (Å²) in [4.78, 5) is 9.01. The van der Waals surface area contributed by atoms with Crippen molar-refractivity contribution in [1.82, 2.24) is 14.7 Å². The third kappa shape index (κ3) is 5.17. The van der Waals surface area contributed by atoms with Crippen molar-refractivity contribution in [3.05, 3.63) is 41.1 Å². The molecule has 8 heteroatoms. The highest BCUT2D eigenvalue weighted by Gasteiger charge is 2.17. The normalized spacial score (nSPS) is 13.9. The number of nitrogens with zero attached hydrogens (tertiary/aromatic N) is 2. The molecule has 0 spiro atoms. The van der Waals surface area contributed by atoms with Crippen molar-refractivity contribution in [1.29, 1.82) is 0 Å². The minimum Gasteiger partial charge on any atom is -0.370 e. The average Bonchev–Trinajstić information content (AvgIpc) is 2.65. The van der Waals surface area contributed by atoms with Gasteiger partial charge >= 0.3 is 0 Å². The Hall–Kier alpha value is -2.19. The molecule has 2 aromatic rings. The highest BCUT2D eigenvalue weighted by Crippen LogP contribution is 2.24. The van der Waals surface area contributed by atoms with Crippen LogP contribution in [0.1, 0.15) is 36.6 Å². The second kappa shape index (κ2) is 8.67. The molecule has 0 aliphatic heterocycles. The fraction of sp³-hybridized carbons (Fsp3) is 0.474. The first-order valence-electron chi connectivity index (χ1n) is 9.43. The van der Waals surface area contributed by atoms with Crippen LogP contribution in [0.4, 0.5) is 11.8 Å². The van der Waals surface area contributed by atoms with Crippen molar-refractivity contribution in [2.24, 2.45) is 0 Å². The molecule has 0 saturated carbocycles. The maximum Gasteiger partial charge on any atom is 0.240 e. The van der Waals surface area contributed by atoms with Crippen LogP contribution in [-0.4, -0.2) is 38.0 Å². The third-order valence-electron chi connectivity index (χ3n) is 4.54. The van der Waals surface area contributed by atoms with Crippen LogP contribution >= 0.6 is 0 Å². The zero-order chi connectivity index (χ0) is 19.3. The summed E-state index contributed by atoms with van der Waals surface area (Å²) in [5.41, 5.74) is 3.28. The predicted molar refractivity (Wildman–Crippen MR) is 108 cm³/mol. The highest BCUT2D eigenvalue weighted by molar-refractivity contribution is 7.89. The number of nitrogens with one attached hydrogen (secondary N) is 3. The molecule has 1 heterocycles. The summed E-state index contributed by atoms with van der Waals surface area (Å²) in [7, 11) is -3.52. The van der Waals surface area contributed by atoms with Gasteiger partial charge in [0.2, 0.25) is 16.0 Å². The Morgan fingerprint density at radius 1 is 1.00 bits per heavy atom. The van der Waals surface area contributed by atoms with Gasteiger partial charge < -0.3 is 10.6 Å². The topological polar surface area (TPSA) is 96.0 Å². The molecule has 0 radical (unpaired) electrons. The lowest BCUT2D eigenvalue weighted by molar-refractivity contribution is 0.582. The van der Waals surface area contributed by atoms with Crippen molar-refractivity contribution in [3.8, 4) is 0 Å². The van der Waals surface area contributed by atoms with Gasteiger partial charge in [0.25, 0.3) is 0 Å². The number of hydrogen-bond acceptors (Lipinski definition) is 6. The van der Waals surface area contributed by atoms with E-state index in [4.69, 9.17) is 0 Å². The van der Waals surface area contributed by atoms with E-state index in [0.29, 0.717) is 17.4 Å². The quantitative estimate of drug-likeness (QED) is 0.600.